The first-order valence-electron chi connectivity index (χ1n) is 24.9. The van der Waals surface area contributed by atoms with Crippen LogP contribution in [0.5, 0.6) is 0 Å². The topological polar surface area (TPSA) is 6.48 Å². The third-order valence-corrected chi connectivity index (χ3v) is 17.1. The Balaban J connectivity index is 0.990. The molecule has 5 aliphatic carbocycles. The Labute approximate surface area is 398 Å². The molecule has 2 nitrogen and oxygen atoms in total. The van der Waals surface area contributed by atoms with Crippen molar-refractivity contribution in [3.05, 3.63) is 230 Å². The fraction of sp³-hybridized carbons (Fsp3) is 0.152. The predicted molar refractivity (Wildman–Crippen MR) is 286 cm³/mol. The number of hydrogen-bond donors (Lipinski definition) is 0. The van der Waals surface area contributed by atoms with Crippen molar-refractivity contribution in [2.24, 2.45) is 23.7 Å². The molecule has 0 heterocycles. The van der Waals surface area contributed by atoms with E-state index in [1.54, 1.807) is 11.1 Å². The van der Waals surface area contributed by atoms with Gasteiger partial charge in [-0.25, -0.2) is 0 Å². The van der Waals surface area contributed by atoms with Gasteiger partial charge in [0.05, 0.1) is 17.1 Å². The minimum atomic E-state index is 0.0659. The molecule has 11 aromatic carbocycles. The highest BCUT2D eigenvalue weighted by Crippen LogP contribution is 2.70. The fourth-order valence-corrected chi connectivity index (χ4v) is 14.7. The predicted octanol–water partition coefficient (Wildman–Crippen LogP) is 18.1. The molecule has 11 aromatic rings. The van der Waals surface area contributed by atoms with Gasteiger partial charge in [0.1, 0.15) is 0 Å². The SMILES string of the molecule is c1ccc(N(c2ccccc2)c2ccc3ccc4c(N(c5cccc(-c6ccc7ccccc7c6)c5)c5cccc6c5-c5ccccc5C65C6CC7CC(C6)CC5C7)ccc5ccc2c3c54)cc1. The van der Waals surface area contributed by atoms with Gasteiger partial charge in [0.25, 0.3) is 0 Å². The second kappa shape index (κ2) is 14.7. The van der Waals surface area contributed by atoms with Crippen LogP contribution in [0.2, 0.25) is 0 Å². The summed E-state index contributed by atoms with van der Waals surface area (Å²) in [5.41, 5.74) is 15.6. The summed E-state index contributed by atoms with van der Waals surface area (Å²) in [5, 5.41) is 10.1. The Morgan fingerprint density at radius 1 is 0.338 bits per heavy atom. The Kier molecular flexibility index (Phi) is 8.28. The van der Waals surface area contributed by atoms with E-state index in [0.29, 0.717) is 11.8 Å². The Morgan fingerprint density at radius 2 is 0.868 bits per heavy atom. The number of benzene rings is 11. The maximum absolute atomic E-state index is 2.64. The maximum Gasteiger partial charge on any atom is 0.0543 e. The van der Waals surface area contributed by atoms with Crippen LogP contribution in [0.4, 0.5) is 34.1 Å². The Bertz CT molecular complexity index is 3710. The number of nitrogens with zero attached hydrogens (tertiary/aromatic N) is 2. The third kappa shape index (κ3) is 5.46. The van der Waals surface area contributed by atoms with Crippen LogP contribution in [0.25, 0.3) is 65.3 Å². The van der Waals surface area contributed by atoms with Gasteiger partial charge in [0, 0.05) is 38.8 Å². The largest absolute Gasteiger partial charge is 0.310 e. The van der Waals surface area contributed by atoms with Gasteiger partial charge in [0.15, 0.2) is 0 Å². The Hall–Kier alpha value is -7.68. The zero-order chi connectivity index (χ0) is 44.5. The number of fused-ring (bicyclic) bond motifs is 4. The zero-order valence-electron chi connectivity index (χ0n) is 38.0. The molecule has 324 valence electrons. The standard InChI is InChI=1S/C66H50N2/c1-3-16-52(17-4-1)67(53-18-5-2-6-19-53)60-33-29-45-28-32-57-61(34-30-46-27-31-56(60)63(45)64(46)57)68(54-20-11-15-48(41-54)49-26-25-44-13-7-8-14-47(44)40-49)62-24-12-23-59-65(62)55-21-9-10-22-58(55)66(59)50-36-42-35-43(38-50)39-51(66)37-42/h1-34,40-43,50-51H,35-39H2. The molecule has 16 rings (SSSR count). The van der Waals surface area contributed by atoms with Crippen LogP contribution in [0, 0.1) is 23.7 Å². The molecule has 0 N–H and O–H groups in total. The van der Waals surface area contributed by atoms with Crippen molar-refractivity contribution in [3.8, 4) is 22.3 Å². The van der Waals surface area contributed by atoms with Gasteiger partial charge in [-0.2, -0.15) is 0 Å². The first-order chi connectivity index (χ1) is 33.7. The van der Waals surface area contributed by atoms with Crippen LogP contribution >= 0.6 is 0 Å². The van der Waals surface area contributed by atoms with Crippen LogP contribution in [0.3, 0.4) is 0 Å². The average molecular weight is 871 g/mol. The lowest BCUT2D eigenvalue weighted by Gasteiger charge is -2.61. The van der Waals surface area contributed by atoms with Gasteiger partial charge in [-0.15, -0.1) is 0 Å². The molecule has 2 heteroatoms. The van der Waals surface area contributed by atoms with Crippen LogP contribution < -0.4 is 9.80 Å². The number of rotatable bonds is 7. The Morgan fingerprint density at radius 3 is 1.56 bits per heavy atom. The minimum absolute atomic E-state index is 0.0659. The average Bonchev–Trinajstić information content (AvgIpc) is 3.69. The van der Waals surface area contributed by atoms with E-state index < -0.39 is 0 Å². The molecule has 1 spiro atoms. The molecule has 0 unspecified atom stereocenters. The summed E-state index contributed by atoms with van der Waals surface area (Å²) in [6.45, 7) is 0. The first-order valence-corrected chi connectivity index (χ1v) is 24.9. The maximum atomic E-state index is 2.64. The number of anilines is 6. The van der Waals surface area contributed by atoms with Crippen LogP contribution in [0.15, 0.2) is 218 Å². The summed E-state index contributed by atoms with van der Waals surface area (Å²) in [6.07, 6.45) is 6.92. The molecule has 68 heavy (non-hydrogen) atoms. The molecule has 0 atom stereocenters. The molecule has 0 aliphatic heterocycles. The second-order valence-corrected chi connectivity index (χ2v) is 20.5. The summed E-state index contributed by atoms with van der Waals surface area (Å²) in [6, 6.07) is 82.5. The number of hydrogen-bond acceptors (Lipinski definition) is 2. The molecule has 4 fully saturated rings. The van der Waals surface area contributed by atoms with Gasteiger partial charge >= 0.3 is 0 Å². The van der Waals surface area contributed by atoms with Gasteiger partial charge in [-0.05, 0) is 177 Å². The quantitative estimate of drug-likeness (QED) is 0.147. The molecule has 5 aliphatic rings. The monoisotopic (exact) mass is 870 g/mol. The molecule has 4 bridgehead atoms. The number of para-hydroxylation sites is 2. The summed E-state index contributed by atoms with van der Waals surface area (Å²) < 4.78 is 0. The van der Waals surface area contributed by atoms with Crippen molar-refractivity contribution >= 4 is 77.2 Å². The smallest absolute Gasteiger partial charge is 0.0543 e. The van der Waals surface area contributed by atoms with E-state index in [1.807, 2.05) is 0 Å². The molecule has 4 saturated carbocycles. The first kappa shape index (κ1) is 38.4. The molecular formula is C66H50N2. The third-order valence-electron chi connectivity index (χ3n) is 17.1. The van der Waals surface area contributed by atoms with Gasteiger partial charge < -0.3 is 9.80 Å². The molecule has 0 radical (unpaired) electrons. The van der Waals surface area contributed by atoms with Gasteiger partial charge in [-0.3, -0.25) is 0 Å². The van der Waals surface area contributed by atoms with Crippen molar-refractivity contribution < 1.29 is 0 Å². The lowest BCUT2D eigenvalue weighted by molar-refractivity contribution is -0.0399. The lowest BCUT2D eigenvalue weighted by atomic mass is 9.43. The van der Waals surface area contributed by atoms with E-state index in [1.165, 1.54) is 120 Å². The van der Waals surface area contributed by atoms with E-state index in [9.17, 15) is 0 Å². The van der Waals surface area contributed by atoms with Crippen molar-refractivity contribution in [1.82, 2.24) is 0 Å². The van der Waals surface area contributed by atoms with Gasteiger partial charge in [-0.1, -0.05) is 158 Å². The summed E-state index contributed by atoms with van der Waals surface area (Å²) in [5.74, 6) is 3.16. The lowest BCUT2D eigenvalue weighted by Crippen LogP contribution is -2.55. The normalized spacial score (nSPS) is 21.0. The molecule has 0 saturated heterocycles. The zero-order valence-corrected chi connectivity index (χ0v) is 38.0. The highest BCUT2D eigenvalue weighted by atomic mass is 15.2. The van der Waals surface area contributed by atoms with E-state index in [4.69, 9.17) is 0 Å². The van der Waals surface area contributed by atoms with Crippen LogP contribution in [0.1, 0.15) is 43.2 Å². The van der Waals surface area contributed by atoms with Crippen molar-refractivity contribution in [2.45, 2.75) is 37.5 Å². The molecular weight excluding hydrogens is 821 g/mol. The summed E-state index contributed by atoms with van der Waals surface area (Å²) in [4.78, 5) is 5.06. The van der Waals surface area contributed by atoms with E-state index in [0.717, 1.165) is 23.2 Å². The minimum Gasteiger partial charge on any atom is -0.310 e. The highest BCUT2D eigenvalue weighted by molar-refractivity contribution is 6.28. The molecule has 0 aromatic heterocycles. The highest BCUT2D eigenvalue weighted by Gasteiger charge is 2.62. The van der Waals surface area contributed by atoms with E-state index in [-0.39, 0.29) is 5.41 Å². The van der Waals surface area contributed by atoms with Crippen LogP contribution in [-0.4, -0.2) is 0 Å². The van der Waals surface area contributed by atoms with Crippen molar-refractivity contribution in [1.29, 1.82) is 0 Å². The van der Waals surface area contributed by atoms with Gasteiger partial charge in [0.2, 0.25) is 0 Å². The van der Waals surface area contributed by atoms with E-state index >= 15 is 0 Å². The summed E-state index contributed by atoms with van der Waals surface area (Å²) in [7, 11) is 0. The van der Waals surface area contributed by atoms with Crippen molar-refractivity contribution in [2.75, 3.05) is 9.80 Å². The van der Waals surface area contributed by atoms with E-state index in [2.05, 4.69) is 228 Å². The van der Waals surface area contributed by atoms with Crippen LogP contribution in [-0.2, 0) is 5.41 Å². The fourth-order valence-electron chi connectivity index (χ4n) is 14.7. The van der Waals surface area contributed by atoms with Crippen molar-refractivity contribution in [3.63, 3.8) is 0 Å². The molecule has 0 amide bonds. The second-order valence-electron chi connectivity index (χ2n) is 20.5. The summed E-state index contributed by atoms with van der Waals surface area (Å²) >= 11 is 0.